The van der Waals surface area contributed by atoms with Gasteiger partial charge in [0.15, 0.2) is 0 Å². The Hall–Kier alpha value is -3.23. The molecule has 1 aromatic carbocycles. The number of nitrogens with one attached hydrogen (secondary N) is 1. The van der Waals surface area contributed by atoms with Gasteiger partial charge in [-0.05, 0) is 42.2 Å². The highest BCUT2D eigenvalue weighted by Crippen LogP contribution is 2.36. The third-order valence-corrected chi connectivity index (χ3v) is 5.51. The van der Waals surface area contributed by atoms with Crippen molar-refractivity contribution in [1.29, 1.82) is 0 Å². The molecule has 0 aliphatic heterocycles. The lowest BCUT2D eigenvalue weighted by Crippen LogP contribution is -2.15. The van der Waals surface area contributed by atoms with E-state index in [2.05, 4.69) is 21.4 Å². The van der Waals surface area contributed by atoms with Gasteiger partial charge in [-0.1, -0.05) is 23.7 Å². The van der Waals surface area contributed by atoms with Gasteiger partial charge in [0.1, 0.15) is 5.84 Å². The molecule has 8 nitrogen and oxygen atoms in total. The van der Waals surface area contributed by atoms with E-state index in [4.69, 9.17) is 32.2 Å². The molecule has 0 bridgehead atoms. The first-order chi connectivity index (χ1) is 15.5. The van der Waals surface area contributed by atoms with Crippen molar-refractivity contribution in [2.24, 2.45) is 17.8 Å². The van der Waals surface area contributed by atoms with Gasteiger partial charge in [0, 0.05) is 50.1 Å². The molecule has 0 saturated heterocycles. The number of aryl methyl sites for hydroxylation is 3. The van der Waals surface area contributed by atoms with Crippen LogP contribution < -0.4 is 11.1 Å². The minimum atomic E-state index is 0.316. The van der Waals surface area contributed by atoms with Gasteiger partial charge in [-0.15, -0.1) is 0 Å². The maximum atomic E-state index is 6.19. The smallest absolute Gasteiger partial charge is 0.251 e. The molecule has 0 atom stereocenters. The molecular formula is C23H26ClN7O. The Bertz CT molecular complexity index is 1170. The van der Waals surface area contributed by atoms with Gasteiger partial charge in [-0.2, -0.15) is 10.1 Å². The number of amidine groups is 1. The van der Waals surface area contributed by atoms with E-state index < -0.39 is 0 Å². The third-order valence-electron chi connectivity index (χ3n) is 5.27. The summed E-state index contributed by atoms with van der Waals surface area (Å²) in [5, 5.41) is 8.55. The number of nitrogens with zero attached hydrogens (tertiary/aromatic N) is 5. The Kier molecular flexibility index (Phi) is 6.82. The molecule has 0 radical (unpaired) electrons. The minimum Gasteiger partial charge on any atom is -0.388 e. The number of aromatic nitrogens is 4. The molecule has 3 aromatic rings. The normalized spacial score (nSPS) is 13.3. The topological polar surface area (TPSA) is 103 Å². The molecule has 0 amide bonds. The molecule has 32 heavy (non-hydrogen) atoms. The average Bonchev–Trinajstić information content (AvgIpc) is 3.09. The second kappa shape index (κ2) is 9.93. The van der Waals surface area contributed by atoms with Crippen LogP contribution in [0.1, 0.15) is 22.5 Å². The van der Waals surface area contributed by atoms with E-state index in [1.54, 1.807) is 19.4 Å². The van der Waals surface area contributed by atoms with Gasteiger partial charge in [0.25, 0.3) is 5.95 Å². The molecule has 1 aliphatic carbocycles. The summed E-state index contributed by atoms with van der Waals surface area (Å²) in [5.41, 5.74) is 12.3. The SMILES string of the molecule is COCCN/C=C\C(N)=N/c1ncc2c(n1)-c1c(nn(C)c1Cc1cccc(Cl)c1)CC2. The van der Waals surface area contributed by atoms with Crippen molar-refractivity contribution in [3.8, 4) is 11.3 Å². The van der Waals surface area contributed by atoms with E-state index in [-0.39, 0.29) is 0 Å². The van der Waals surface area contributed by atoms with Crippen molar-refractivity contribution in [3.63, 3.8) is 0 Å². The summed E-state index contributed by atoms with van der Waals surface area (Å²) in [6, 6.07) is 7.89. The second-order valence-electron chi connectivity index (χ2n) is 7.56. The number of aliphatic imine (C=N–C) groups is 1. The van der Waals surface area contributed by atoms with Gasteiger partial charge in [-0.3, -0.25) is 4.68 Å². The minimum absolute atomic E-state index is 0.316. The number of nitrogens with two attached hydrogens (primary N) is 1. The molecule has 3 N–H and O–H groups in total. The molecule has 9 heteroatoms. The van der Waals surface area contributed by atoms with Crippen LogP contribution in [0.4, 0.5) is 5.95 Å². The first kappa shape index (κ1) is 22.0. The van der Waals surface area contributed by atoms with E-state index in [0.29, 0.717) is 31.4 Å². The molecule has 0 saturated carbocycles. The maximum absolute atomic E-state index is 6.19. The summed E-state index contributed by atoms with van der Waals surface area (Å²) in [6.07, 6.45) is 7.67. The molecule has 4 rings (SSSR count). The third kappa shape index (κ3) is 4.98. The highest BCUT2D eigenvalue weighted by molar-refractivity contribution is 6.30. The number of benzene rings is 1. The number of fused-ring (bicyclic) bond motifs is 3. The van der Waals surface area contributed by atoms with Crippen molar-refractivity contribution >= 4 is 23.4 Å². The molecule has 1 aliphatic rings. The molecule has 166 valence electrons. The first-order valence-electron chi connectivity index (χ1n) is 10.4. The average molecular weight is 452 g/mol. The lowest BCUT2D eigenvalue weighted by atomic mass is 9.91. The van der Waals surface area contributed by atoms with Gasteiger partial charge in [0.05, 0.1) is 23.7 Å². The second-order valence-corrected chi connectivity index (χ2v) is 8.00. The standard InChI is InChI=1S/C23H26ClN7O/c1-31-19(13-15-4-3-5-17(24)12-15)21-18(30-31)7-6-16-14-27-23(29-22(16)21)28-20(25)8-9-26-10-11-32-2/h3-5,8-9,12,14,26H,6-7,10-11,13H2,1-2H3,(H2,25,27,28,29)/b9-8-. The van der Waals surface area contributed by atoms with E-state index in [0.717, 1.165) is 51.6 Å². The van der Waals surface area contributed by atoms with Crippen molar-refractivity contribution in [3.05, 3.63) is 70.3 Å². The van der Waals surface area contributed by atoms with Gasteiger partial charge in [-0.25, -0.2) is 9.97 Å². The summed E-state index contributed by atoms with van der Waals surface area (Å²) in [5.74, 6) is 0.643. The van der Waals surface area contributed by atoms with Crippen LogP contribution in [0.3, 0.4) is 0 Å². The predicted molar refractivity (Wildman–Crippen MR) is 126 cm³/mol. The Morgan fingerprint density at radius 3 is 3.06 bits per heavy atom. The first-order valence-corrected chi connectivity index (χ1v) is 10.8. The van der Waals surface area contributed by atoms with Gasteiger partial charge in [0.2, 0.25) is 0 Å². The summed E-state index contributed by atoms with van der Waals surface area (Å²) in [7, 11) is 3.63. The fraction of sp³-hybridized carbons (Fsp3) is 0.304. The number of hydrogen-bond acceptors (Lipinski definition) is 6. The highest BCUT2D eigenvalue weighted by atomic mass is 35.5. The monoisotopic (exact) mass is 451 g/mol. The molecule has 0 spiro atoms. The maximum Gasteiger partial charge on any atom is 0.251 e. The van der Waals surface area contributed by atoms with Crippen LogP contribution in [0.15, 0.2) is 47.7 Å². The molecular weight excluding hydrogens is 426 g/mol. The summed E-state index contributed by atoms with van der Waals surface area (Å²) in [4.78, 5) is 13.5. The van der Waals surface area contributed by atoms with Crippen LogP contribution in [-0.2, 0) is 31.0 Å². The summed E-state index contributed by atoms with van der Waals surface area (Å²) >= 11 is 6.19. The lowest BCUT2D eigenvalue weighted by molar-refractivity contribution is 0.203. The van der Waals surface area contributed by atoms with Crippen LogP contribution in [-0.4, -0.2) is 45.8 Å². The largest absolute Gasteiger partial charge is 0.388 e. The number of rotatable bonds is 8. The van der Waals surface area contributed by atoms with Crippen molar-refractivity contribution in [2.75, 3.05) is 20.3 Å². The Labute approximate surface area is 192 Å². The Morgan fingerprint density at radius 1 is 1.38 bits per heavy atom. The number of ether oxygens (including phenoxy) is 1. The molecule has 2 aromatic heterocycles. The van der Waals surface area contributed by atoms with Crippen LogP contribution in [0, 0.1) is 0 Å². The zero-order valence-corrected chi connectivity index (χ0v) is 18.9. The van der Waals surface area contributed by atoms with Gasteiger partial charge < -0.3 is 15.8 Å². The zero-order valence-electron chi connectivity index (χ0n) is 18.2. The van der Waals surface area contributed by atoms with E-state index >= 15 is 0 Å². The summed E-state index contributed by atoms with van der Waals surface area (Å²) in [6.45, 7) is 1.30. The number of halogens is 1. The van der Waals surface area contributed by atoms with Crippen LogP contribution >= 0.6 is 11.6 Å². The summed E-state index contributed by atoms with van der Waals surface area (Å²) < 4.78 is 6.93. The number of methoxy groups -OCH3 is 1. The fourth-order valence-corrected chi connectivity index (χ4v) is 3.97. The van der Waals surface area contributed by atoms with Crippen molar-refractivity contribution in [2.45, 2.75) is 19.3 Å². The van der Waals surface area contributed by atoms with Crippen LogP contribution in [0.25, 0.3) is 11.3 Å². The Morgan fingerprint density at radius 2 is 2.25 bits per heavy atom. The van der Waals surface area contributed by atoms with E-state index in [1.165, 1.54) is 0 Å². The van der Waals surface area contributed by atoms with Gasteiger partial charge >= 0.3 is 0 Å². The molecule has 2 heterocycles. The van der Waals surface area contributed by atoms with Crippen LogP contribution in [0.5, 0.6) is 0 Å². The predicted octanol–water partition coefficient (Wildman–Crippen LogP) is 2.96. The van der Waals surface area contributed by atoms with Crippen LogP contribution in [0.2, 0.25) is 5.02 Å². The molecule has 0 fully saturated rings. The molecule has 0 unspecified atom stereocenters. The lowest BCUT2D eigenvalue weighted by Gasteiger charge is -2.16. The van der Waals surface area contributed by atoms with E-state index in [1.807, 2.05) is 36.1 Å². The zero-order chi connectivity index (χ0) is 22.5. The highest BCUT2D eigenvalue weighted by Gasteiger charge is 2.26. The number of hydrogen-bond donors (Lipinski definition) is 2. The fourth-order valence-electron chi connectivity index (χ4n) is 3.76. The van der Waals surface area contributed by atoms with E-state index in [9.17, 15) is 0 Å². The Balaban J connectivity index is 1.64. The quantitative estimate of drug-likeness (QED) is 0.310. The van der Waals surface area contributed by atoms with Crippen molar-refractivity contribution < 1.29 is 4.74 Å². The van der Waals surface area contributed by atoms with Crippen molar-refractivity contribution in [1.82, 2.24) is 25.1 Å².